The Hall–Kier alpha value is -0.840. The molecule has 0 saturated heterocycles. The van der Waals surface area contributed by atoms with Crippen molar-refractivity contribution >= 4 is 27.3 Å². The molecular weight excluding hydrogens is 346 g/mol. The fraction of sp³-hybridized carbons (Fsp3) is 0.412. The third-order valence-corrected chi connectivity index (χ3v) is 5.28. The topological polar surface area (TPSA) is 35.2 Å². The van der Waals surface area contributed by atoms with Crippen LogP contribution in [0.25, 0.3) is 0 Å². The monoisotopic (exact) mass is 367 g/mol. The smallest absolute Gasteiger partial charge is 0.134 e. The van der Waals surface area contributed by atoms with Gasteiger partial charge in [0.1, 0.15) is 12.4 Å². The van der Waals surface area contributed by atoms with Gasteiger partial charge in [0, 0.05) is 15.8 Å². The van der Waals surface area contributed by atoms with Gasteiger partial charge in [-0.15, -0.1) is 11.3 Å². The molecule has 2 aromatic rings. The summed E-state index contributed by atoms with van der Waals surface area (Å²) >= 11 is 5.40. The number of hydrogen-bond donors (Lipinski definition) is 1. The summed E-state index contributed by atoms with van der Waals surface area (Å²) in [5.74, 6) is 0.885. The SMILES string of the molecule is CCc1ccc(COc2ccc(CC(N)CC)cc2Br)s1. The van der Waals surface area contributed by atoms with Gasteiger partial charge < -0.3 is 10.5 Å². The average Bonchev–Trinajstić information content (AvgIpc) is 2.94. The molecule has 2 N–H and O–H groups in total. The zero-order chi connectivity index (χ0) is 15.2. The lowest BCUT2D eigenvalue weighted by molar-refractivity contribution is 0.307. The molecule has 4 heteroatoms. The van der Waals surface area contributed by atoms with Crippen molar-refractivity contribution in [2.75, 3.05) is 0 Å². The van der Waals surface area contributed by atoms with Crippen molar-refractivity contribution in [1.29, 1.82) is 0 Å². The summed E-state index contributed by atoms with van der Waals surface area (Å²) in [6.45, 7) is 4.91. The summed E-state index contributed by atoms with van der Waals surface area (Å²) in [5, 5.41) is 0. The largest absolute Gasteiger partial charge is 0.487 e. The summed E-state index contributed by atoms with van der Waals surface area (Å²) in [5.41, 5.74) is 7.24. The van der Waals surface area contributed by atoms with Gasteiger partial charge in [0.15, 0.2) is 0 Å². The molecule has 1 heterocycles. The minimum absolute atomic E-state index is 0.224. The molecule has 0 radical (unpaired) electrons. The lowest BCUT2D eigenvalue weighted by atomic mass is 10.0. The minimum Gasteiger partial charge on any atom is -0.487 e. The van der Waals surface area contributed by atoms with Crippen LogP contribution in [0, 0.1) is 0 Å². The van der Waals surface area contributed by atoms with Crippen LogP contribution >= 0.6 is 27.3 Å². The second kappa shape index (κ2) is 7.97. The van der Waals surface area contributed by atoms with Crippen molar-refractivity contribution < 1.29 is 4.74 Å². The molecule has 1 aromatic carbocycles. The molecule has 0 spiro atoms. The number of halogens is 1. The Morgan fingerprint density at radius 2 is 1.95 bits per heavy atom. The summed E-state index contributed by atoms with van der Waals surface area (Å²) in [4.78, 5) is 2.66. The van der Waals surface area contributed by atoms with E-state index in [1.807, 2.05) is 17.4 Å². The lowest BCUT2D eigenvalue weighted by Gasteiger charge is -2.11. The standard InChI is InChI=1S/C17H22BrNOS/c1-3-13(19)9-12-5-8-17(16(18)10-12)20-11-15-7-6-14(4-2)21-15/h5-8,10,13H,3-4,9,11,19H2,1-2H3. The fourth-order valence-electron chi connectivity index (χ4n) is 2.07. The second-order valence-electron chi connectivity index (χ2n) is 5.15. The Morgan fingerprint density at radius 3 is 2.57 bits per heavy atom. The number of nitrogens with two attached hydrogens (primary N) is 1. The van der Waals surface area contributed by atoms with Gasteiger partial charge in [0.25, 0.3) is 0 Å². The molecule has 114 valence electrons. The van der Waals surface area contributed by atoms with E-state index in [-0.39, 0.29) is 6.04 Å². The van der Waals surface area contributed by atoms with Crippen molar-refractivity contribution in [3.63, 3.8) is 0 Å². The van der Waals surface area contributed by atoms with E-state index >= 15 is 0 Å². The number of ether oxygens (including phenoxy) is 1. The maximum atomic E-state index is 6.00. The van der Waals surface area contributed by atoms with Crippen molar-refractivity contribution in [3.05, 3.63) is 50.1 Å². The molecule has 0 bridgehead atoms. The first-order valence-electron chi connectivity index (χ1n) is 7.36. The van der Waals surface area contributed by atoms with Crippen LogP contribution in [0.2, 0.25) is 0 Å². The maximum Gasteiger partial charge on any atom is 0.134 e. The summed E-state index contributed by atoms with van der Waals surface area (Å²) < 4.78 is 6.90. The molecule has 21 heavy (non-hydrogen) atoms. The first kappa shape index (κ1) is 16.5. The summed E-state index contributed by atoms with van der Waals surface area (Å²) in [6, 6.07) is 10.8. The maximum absolute atomic E-state index is 6.00. The Bertz CT molecular complexity index is 582. The lowest BCUT2D eigenvalue weighted by Crippen LogP contribution is -2.21. The van der Waals surface area contributed by atoms with E-state index in [4.69, 9.17) is 10.5 Å². The predicted molar refractivity (Wildman–Crippen MR) is 94.1 cm³/mol. The molecule has 0 amide bonds. The molecular formula is C17H22BrNOS. The highest BCUT2D eigenvalue weighted by molar-refractivity contribution is 9.10. The number of thiophene rings is 1. The van der Waals surface area contributed by atoms with Gasteiger partial charge in [-0.1, -0.05) is 19.9 Å². The molecule has 0 aliphatic heterocycles. The van der Waals surface area contributed by atoms with Crippen LogP contribution in [-0.4, -0.2) is 6.04 Å². The van der Waals surface area contributed by atoms with Crippen LogP contribution in [0.15, 0.2) is 34.8 Å². The quantitative estimate of drug-likeness (QED) is 0.752. The fourth-order valence-corrected chi connectivity index (χ4v) is 3.49. The molecule has 0 aliphatic carbocycles. The highest BCUT2D eigenvalue weighted by atomic mass is 79.9. The van der Waals surface area contributed by atoms with Gasteiger partial charge in [0.2, 0.25) is 0 Å². The van der Waals surface area contributed by atoms with Gasteiger partial charge in [0.05, 0.1) is 4.47 Å². The highest BCUT2D eigenvalue weighted by Crippen LogP contribution is 2.28. The zero-order valence-electron chi connectivity index (χ0n) is 12.6. The van der Waals surface area contributed by atoms with E-state index in [9.17, 15) is 0 Å². The van der Waals surface area contributed by atoms with Crippen molar-refractivity contribution in [2.24, 2.45) is 5.73 Å². The van der Waals surface area contributed by atoms with Crippen molar-refractivity contribution in [2.45, 2.75) is 45.8 Å². The van der Waals surface area contributed by atoms with E-state index in [2.05, 4.69) is 54.0 Å². The minimum atomic E-state index is 0.224. The molecule has 1 aromatic heterocycles. The summed E-state index contributed by atoms with van der Waals surface area (Å²) in [6.07, 6.45) is 2.98. The van der Waals surface area contributed by atoms with E-state index < -0.39 is 0 Å². The molecule has 0 aliphatic rings. The van der Waals surface area contributed by atoms with Gasteiger partial charge in [-0.3, -0.25) is 0 Å². The normalized spacial score (nSPS) is 12.4. The van der Waals surface area contributed by atoms with Gasteiger partial charge in [-0.25, -0.2) is 0 Å². The predicted octanol–water partition coefficient (Wildman–Crippen LogP) is 4.93. The third-order valence-electron chi connectivity index (χ3n) is 3.45. The number of benzene rings is 1. The number of rotatable bonds is 7. The van der Waals surface area contributed by atoms with E-state index in [0.717, 1.165) is 29.5 Å². The van der Waals surface area contributed by atoms with Crippen molar-refractivity contribution in [3.8, 4) is 5.75 Å². The van der Waals surface area contributed by atoms with Crippen LogP contribution in [0.5, 0.6) is 5.75 Å². The van der Waals surface area contributed by atoms with Gasteiger partial charge >= 0.3 is 0 Å². The van der Waals surface area contributed by atoms with Crippen LogP contribution in [-0.2, 0) is 19.4 Å². The molecule has 0 saturated carbocycles. The molecule has 0 fully saturated rings. The molecule has 2 nitrogen and oxygen atoms in total. The Kier molecular flexibility index (Phi) is 6.27. The number of aryl methyl sites for hydroxylation is 1. The molecule has 1 unspecified atom stereocenters. The average molecular weight is 368 g/mol. The van der Waals surface area contributed by atoms with Crippen LogP contribution in [0.4, 0.5) is 0 Å². The Balaban J connectivity index is 1.97. The van der Waals surface area contributed by atoms with Crippen LogP contribution < -0.4 is 10.5 Å². The van der Waals surface area contributed by atoms with E-state index in [1.165, 1.54) is 15.3 Å². The van der Waals surface area contributed by atoms with E-state index in [0.29, 0.717) is 6.61 Å². The van der Waals surface area contributed by atoms with Crippen molar-refractivity contribution in [1.82, 2.24) is 0 Å². The zero-order valence-corrected chi connectivity index (χ0v) is 15.0. The number of hydrogen-bond acceptors (Lipinski definition) is 3. The van der Waals surface area contributed by atoms with Gasteiger partial charge in [-0.2, -0.15) is 0 Å². The summed E-state index contributed by atoms with van der Waals surface area (Å²) in [7, 11) is 0. The first-order valence-corrected chi connectivity index (χ1v) is 8.97. The second-order valence-corrected chi connectivity index (χ2v) is 7.25. The Morgan fingerprint density at radius 1 is 1.19 bits per heavy atom. The Labute approximate surface area is 139 Å². The highest BCUT2D eigenvalue weighted by Gasteiger charge is 2.07. The third kappa shape index (κ3) is 4.83. The van der Waals surface area contributed by atoms with E-state index in [1.54, 1.807) is 0 Å². The first-order chi connectivity index (χ1) is 10.1. The van der Waals surface area contributed by atoms with Gasteiger partial charge in [-0.05, 0) is 65.0 Å². The van der Waals surface area contributed by atoms with Crippen LogP contribution in [0.3, 0.4) is 0 Å². The molecule has 1 atom stereocenters. The molecule has 2 rings (SSSR count). The van der Waals surface area contributed by atoms with Crippen LogP contribution in [0.1, 0.15) is 35.6 Å².